The first kappa shape index (κ1) is 27.8. The van der Waals surface area contributed by atoms with E-state index >= 15 is 4.39 Å². The molecule has 2 bridgehead atoms. The number of ether oxygens (including phenoxy) is 1. The summed E-state index contributed by atoms with van der Waals surface area (Å²) in [5.74, 6) is -1.17. The molecule has 0 spiro atoms. The average molecular weight is 602 g/mol. The minimum Gasteiger partial charge on any atom is -0.508 e. The van der Waals surface area contributed by atoms with E-state index in [1.165, 1.54) is 18.2 Å². The van der Waals surface area contributed by atoms with Crippen molar-refractivity contribution in [3.05, 3.63) is 59.4 Å². The maximum absolute atomic E-state index is 16.8. The Bertz CT molecular complexity index is 1850. The summed E-state index contributed by atoms with van der Waals surface area (Å²) in [4.78, 5) is 16.1. The smallest absolute Gasteiger partial charge is 0.317 e. The van der Waals surface area contributed by atoms with Gasteiger partial charge in [0.25, 0.3) is 0 Å². The van der Waals surface area contributed by atoms with Gasteiger partial charge in [0.2, 0.25) is 0 Å². The topological polar surface area (TPSA) is 83.4 Å². The Balaban J connectivity index is 1.29. The van der Waals surface area contributed by atoms with Crippen molar-refractivity contribution in [3.8, 4) is 23.0 Å². The Labute approximate surface area is 253 Å². The fraction of sp³-hybridized carbons (Fsp3) is 0.441. The molecule has 4 atom stereocenters. The fourth-order valence-corrected chi connectivity index (χ4v) is 8.11. The van der Waals surface area contributed by atoms with Crippen LogP contribution in [0.15, 0.2) is 36.5 Å². The lowest BCUT2D eigenvalue weighted by Crippen LogP contribution is -2.43. The van der Waals surface area contributed by atoms with E-state index in [2.05, 4.69) is 26.3 Å². The average Bonchev–Trinajstić information content (AvgIpc) is 3.66. The number of pyridine rings is 1. The summed E-state index contributed by atoms with van der Waals surface area (Å²) in [7, 11) is 0. The van der Waals surface area contributed by atoms with Crippen LogP contribution in [0.25, 0.3) is 38.5 Å². The second-order valence-corrected chi connectivity index (χ2v) is 12.8. The number of hydrogen-bond acceptors (Lipinski definition) is 7. The molecule has 0 radical (unpaired) electrons. The van der Waals surface area contributed by atoms with Crippen LogP contribution in [0.2, 0.25) is 0 Å². The molecule has 3 fully saturated rings. The first-order valence-corrected chi connectivity index (χ1v) is 15.6. The molecule has 6 heterocycles. The first-order valence-electron chi connectivity index (χ1n) is 15.6. The summed E-state index contributed by atoms with van der Waals surface area (Å²) < 4.78 is 52.4. The van der Waals surface area contributed by atoms with Gasteiger partial charge in [0.15, 0.2) is 5.82 Å². The molecule has 3 saturated heterocycles. The van der Waals surface area contributed by atoms with Crippen LogP contribution in [0, 0.1) is 11.6 Å². The maximum Gasteiger partial charge on any atom is 0.317 e. The molecule has 0 aliphatic carbocycles. The summed E-state index contributed by atoms with van der Waals surface area (Å²) in [6.45, 7) is 3.29. The number of nitrogens with zero attached hydrogens (tertiary/aromatic N) is 4. The number of rotatable bonds is 6. The molecule has 4 aromatic rings. The van der Waals surface area contributed by atoms with Crippen LogP contribution in [0.1, 0.15) is 56.7 Å². The number of nitrogens with one attached hydrogen (secondary N) is 1. The lowest BCUT2D eigenvalue weighted by atomic mass is 9.94. The van der Waals surface area contributed by atoms with Crippen molar-refractivity contribution in [1.29, 1.82) is 0 Å². The van der Waals surface area contributed by atoms with Gasteiger partial charge in [-0.1, -0.05) is 19.1 Å². The van der Waals surface area contributed by atoms with Crippen molar-refractivity contribution < 1.29 is 23.0 Å². The van der Waals surface area contributed by atoms with Crippen LogP contribution in [-0.4, -0.2) is 68.4 Å². The molecule has 0 amide bonds. The highest BCUT2D eigenvalue weighted by atomic mass is 19.1. The summed E-state index contributed by atoms with van der Waals surface area (Å²) in [5.41, 5.74) is 1.88. The highest BCUT2D eigenvalue weighted by Crippen LogP contribution is 2.42. The molecule has 228 valence electrons. The zero-order valence-corrected chi connectivity index (χ0v) is 24.5. The number of fused-ring (bicyclic) bond motifs is 5. The van der Waals surface area contributed by atoms with E-state index in [9.17, 15) is 13.9 Å². The summed E-state index contributed by atoms with van der Waals surface area (Å²) in [6, 6.07) is 6.48. The van der Waals surface area contributed by atoms with Gasteiger partial charge in [-0.3, -0.25) is 9.88 Å². The molecule has 4 aliphatic heterocycles. The molecule has 2 N–H and O–H groups in total. The van der Waals surface area contributed by atoms with E-state index < -0.39 is 23.3 Å². The monoisotopic (exact) mass is 601 g/mol. The molecule has 2 aromatic heterocycles. The SMILES string of the molecule is CCc1c(F)ccc2cc(O)cc(-c3ncc4c(C5=CC6CCC(C5)N6)nc(OCC56CCCN5C[C@H](F)C6)nc4c3F)c12. The van der Waals surface area contributed by atoms with Crippen molar-refractivity contribution in [2.45, 2.75) is 75.7 Å². The first-order chi connectivity index (χ1) is 21.3. The second-order valence-electron chi connectivity index (χ2n) is 12.8. The number of aryl methyl sites for hydroxylation is 1. The number of hydrogen-bond donors (Lipinski definition) is 2. The summed E-state index contributed by atoms with van der Waals surface area (Å²) in [5, 5.41) is 15.7. The zero-order valence-electron chi connectivity index (χ0n) is 24.5. The van der Waals surface area contributed by atoms with Crippen molar-refractivity contribution in [1.82, 2.24) is 25.2 Å². The van der Waals surface area contributed by atoms with E-state index in [4.69, 9.17) is 9.72 Å². The van der Waals surface area contributed by atoms with Crippen molar-refractivity contribution in [2.24, 2.45) is 0 Å². The number of phenolic OH excluding ortho intramolecular Hbond substituents is 1. The Morgan fingerprint density at radius 3 is 2.89 bits per heavy atom. The van der Waals surface area contributed by atoms with E-state index in [0.29, 0.717) is 52.8 Å². The predicted molar refractivity (Wildman–Crippen MR) is 162 cm³/mol. The molecular formula is C34H34F3N5O2. The van der Waals surface area contributed by atoms with Crippen molar-refractivity contribution >= 4 is 27.2 Å². The minimum absolute atomic E-state index is 0.0368. The van der Waals surface area contributed by atoms with E-state index in [1.807, 2.05) is 6.92 Å². The molecule has 4 aliphatic rings. The van der Waals surface area contributed by atoms with Crippen LogP contribution in [0.3, 0.4) is 0 Å². The van der Waals surface area contributed by atoms with Crippen LogP contribution in [0.4, 0.5) is 13.2 Å². The van der Waals surface area contributed by atoms with Gasteiger partial charge in [0.05, 0.1) is 11.2 Å². The van der Waals surface area contributed by atoms with E-state index in [0.717, 1.165) is 44.2 Å². The minimum atomic E-state index is -0.900. The van der Waals surface area contributed by atoms with Crippen LogP contribution in [0.5, 0.6) is 11.8 Å². The van der Waals surface area contributed by atoms with Gasteiger partial charge in [-0.15, -0.1) is 0 Å². The Morgan fingerprint density at radius 2 is 2.05 bits per heavy atom. The molecule has 10 heteroatoms. The molecule has 0 saturated carbocycles. The second kappa shape index (κ2) is 10.4. The van der Waals surface area contributed by atoms with E-state index in [1.54, 1.807) is 12.3 Å². The van der Waals surface area contributed by atoms with Gasteiger partial charge in [-0.05, 0) is 85.2 Å². The van der Waals surface area contributed by atoms with Gasteiger partial charge in [0, 0.05) is 42.2 Å². The van der Waals surface area contributed by atoms with Crippen molar-refractivity contribution in [2.75, 3.05) is 19.7 Å². The summed E-state index contributed by atoms with van der Waals surface area (Å²) in [6.07, 6.45) is 8.23. The lowest BCUT2D eigenvalue weighted by molar-refractivity contribution is 0.107. The molecule has 2 aromatic carbocycles. The quantitative estimate of drug-likeness (QED) is 0.270. The molecular weight excluding hydrogens is 567 g/mol. The van der Waals surface area contributed by atoms with Crippen LogP contribution >= 0.6 is 0 Å². The molecule has 3 unspecified atom stereocenters. The highest BCUT2D eigenvalue weighted by molar-refractivity contribution is 6.01. The van der Waals surface area contributed by atoms with Gasteiger partial charge in [0.1, 0.15) is 35.6 Å². The van der Waals surface area contributed by atoms with Gasteiger partial charge >= 0.3 is 6.01 Å². The predicted octanol–water partition coefficient (Wildman–Crippen LogP) is 6.25. The number of benzene rings is 2. The normalized spacial score (nSPS) is 26.5. The fourth-order valence-electron chi connectivity index (χ4n) is 8.11. The number of phenols is 1. The van der Waals surface area contributed by atoms with Crippen LogP contribution < -0.4 is 10.1 Å². The number of aromatic hydroxyl groups is 1. The highest BCUT2D eigenvalue weighted by Gasteiger charge is 2.49. The third-order valence-corrected chi connectivity index (χ3v) is 10.1. The Hall–Kier alpha value is -3.76. The standard InChI is InChI=1S/C34H34F3N5O2/c1-2-24-27(36)7-4-18-12-23(43)13-25(28(18)24)31-29(37)32-26(15-38-31)30(19-10-21-5-6-22(11-19)39-21)40-33(41-32)44-17-34-8-3-9-42(34)16-20(35)14-34/h4,7,10,12-13,15,20-22,39,43H,2-3,5-6,8-9,11,14,16-17H2,1H3/t20-,21?,22?,34?/m1/s1. The maximum atomic E-state index is 16.8. The number of halogens is 3. The van der Waals surface area contributed by atoms with Crippen LogP contribution in [-0.2, 0) is 6.42 Å². The lowest BCUT2D eigenvalue weighted by Gasteiger charge is -2.31. The largest absolute Gasteiger partial charge is 0.508 e. The molecule has 7 nitrogen and oxygen atoms in total. The summed E-state index contributed by atoms with van der Waals surface area (Å²) >= 11 is 0. The van der Waals surface area contributed by atoms with E-state index in [-0.39, 0.29) is 41.2 Å². The zero-order chi connectivity index (χ0) is 30.2. The molecule has 8 rings (SSSR count). The van der Waals surface area contributed by atoms with Gasteiger partial charge in [-0.25, -0.2) is 13.2 Å². The van der Waals surface area contributed by atoms with Gasteiger partial charge < -0.3 is 15.2 Å². The third kappa shape index (κ3) is 4.44. The van der Waals surface area contributed by atoms with Gasteiger partial charge in [-0.2, -0.15) is 9.97 Å². The third-order valence-electron chi connectivity index (χ3n) is 10.1. The Kier molecular flexibility index (Phi) is 6.57. The Morgan fingerprint density at radius 1 is 1.16 bits per heavy atom. The number of alkyl halides is 1. The molecule has 44 heavy (non-hydrogen) atoms. The van der Waals surface area contributed by atoms with Crippen molar-refractivity contribution in [3.63, 3.8) is 0 Å². The number of aromatic nitrogens is 3.